The zero-order valence-electron chi connectivity index (χ0n) is 17.7. The zero-order valence-corrected chi connectivity index (χ0v) is 18.4. The van der Waals surface area contributed by atoms with Gasteiger partial charge in [-0.05, 0) is 23.8 Å². The van der Waals surface area contributed by atoms with Crippen LogP contribution in [0, 0.1) is 5.82 Å². The molecule has 10 heteroatoms. The molecule has 0 radical (unpaired) electrons. The predicted octanol–water partition coefficient (Wildman–Crippen LogP) is 2.94. The van der Waals surface area contributed by atoms with Crippen LogP contribution in [0.2, 0.25) is 5.02 Å². The van der Waals surface area contributed by atoms with Gasteiger partial charge in [-0.1, -0.05) is 47.1 Å². The third-order valence-electron chi connectivity index (χ3n) is 5.98. The molecule has 1 atom stereocenters. The molecule has 0 aliphatic carbocycles. The summed E-state index contributed by atoms with van der Waals surface area (Å²) in [6.07, 6.45) is -0.146. The third-order valence-corrected chi connectivity index (χ3v) is 6.31. The van der Waals surface area contributed by atoms with Gasteiger partial charge in [-0.3, -0.25) is 9.59 Å². The molecule has 0 saturated carbocycles. The first-order valence-corrected chi connectivity index (χ1v) is 11.0. The Morgan fingerprint density at radius 1 is 1.00 bits per heavy atom. The first-order chi connectivity index (χ1) is 16.0. The summed E-state index contributed by atoms with van der Waals surface area (Å²) in [5, 5.41) is 8.50. The number of carbonyl (C=O) groups is 2. The largest absolute Gasteiger partial charge is 0.365 e. The predicted molar refractivity (Wildman–Crippen MR) is 117 cm³/mol. The lowest BCUT2D eigenvalue weighted by Crippen LogP contribution is -2.51. The minimum Gasteiger partial charge on any atom is -0.365 e. The molecule has 3 aromatic rings. The van der Waals surface area contributed by atoms with Gasteiger partial charge >= 0.3 is 0 Å². The first-order valence-electron chi connectivity index (χ1n) is 10.6. The number of halogens is 2. The third kappa shape index (κ3) is 4.21. The topological polar surface area (TPSA) is 80.6 Å². The average molecular weight is 470 g/mol. The second kappa shape index (κ2) is 8.92. The van der Waals surface area contributed by atoms with E-state index in [1.165, 1.54) is 12.1 Å². The number of fused-ring (bicyclic) bond motifs is 1. The van der Waals surface area contributed by atoms with Crippen molar-refractivity contribution in [2.75, 3.05) is 26.2 Å². The Bertz CT molecular complexity index is 1190. The zero-order chi connectivity index (χ0) is 22.9. The van der Waals surface area contributed by atoms with Gasteiger partial charge in [0.25, 0.3) is 11.8 Å². The highest BCUT2D eigenvalue weighted by Gasteiger charge is 2.32. The van der Waals surface area contributed by atoms with Crippen LogP contribution in [0.5, 0.6) is 0 Å². The highest BCUT2D eigenvalue weighted by atomic mass is 35.5. The molecule has 2 amide bonds. The summed E-state index contributed by atoms with van der Waals surface area (Å²) >= 11 is 6.07. The van der Waals surface area contributed by atoms with Gasteiger partial charge in [-0.15, -0.1) is 5.10 Å². The minimum atomic E-state index is -0.523. The molecule has 0 bridgehead atoms. The van der Waals surface area contributed by atoms with Gasteiger partial charge in [0.1, 0.15) is 11.9 Å². The molecule has 3 heterocycles. The molecule has 8 nitrogen and oxygen atoms in total. The van der Waals surface area contributed by atoms with Gasteiger partial charge in [0.2, 0.25) is 0 Å². The highest BCUT2D eigenvalue weighted by Crippen LogP contribution is 2.27. The molecule has 1 unspecified atom stereocenters. The Morgan fingerprint density at radius 2 is 1.70 bits per heavy atom. The van der Waals surface area contributed by atoms with E-state index in [1.807, 2.05) is 30.3 Å². The minimum absolute atomic E-state index is 0.119. The average Bonchev–Trinajstić information content (AvgIpc) is 3.28. The van der Waals surface area contributed by atoms with Crippen LogP contribution in [0.4, 0.5) is 4.39 Å². The SMILES string of the molecule is O=C(c1cc(F)ccc1Cl)N1CCN(C(=O)c2nnn3c2COC(c2ccccc2)C3)CC1. The molecule has 1 saturated heterocycles. The second-order valence-corrected chi connectivity index (χ2v) is 8.39. The van der Waals surface area contributed by atoms with E-state index in [0.717, 1.165) is 11.6 Å². The summed E-state index contributed by atoms with van der Waals surface area (Å²) < 4.78 is 21.3. The summed E-state index contributed by atoms with van der Waals surface area (Å²) in [7, 11) is 0. The fourth-order valence-electron chi connectivity index (χ4n) is 4.14. The number of ether oxygens (including phenoxy) is 1. The number of carbonyl (C=O) groups excluding carboxylic acids is 2. The van der Waals surface area contributed by atoms with Crippen molar-refractivity contribution >= 4 is 23.4 Å². The molecule has 33 heavy (non-hydrogen) atoms. The van der Waals surface area contributed by atoms with Gasteiger partial charge in [0.15, 0.2) is 5.69 Å². The van der Waals surface area contributed by atoms with Crippen molar-refractivity contribution in [1.82, 2.24) is 24.8 Å². The van der Waals surface area contributed by atoms with Crippen molar-refractivity contribution in [3.63, 3.8) is 0 Å². The van der Waals surface area contributed by atoms with Crippen molar-refractivity contribution in [1.29, 1.82) is 0 Å². The van der Waals surface area contributed by atoms with Crippen LogP contribution in [0.1, 0.15) is 38.2 Å². The van der Waals surface area contributed by atoms with E-state index in [-0.39, 0.29) is 40.8 Å². The van der Waals surface area contributed by atoms with Gasteiger partial charge in [-0.2, -0.15) is 0 Å². The molecule has 2 aliphatic rings. The monoisotopic (exact) mass is 469 g/mol. The lowest BCUT2D eigenvalue weighted by atomic mass is 10.1. The number of benzene rings is 2. The molecule has 0 N–H and O–H groups in total. The van der Waals surface area contributed by atoms with E-state index in [9.17, 15) is 14.0 Å². The molecule has 0 spiro atoms. The van der Waals surface area contributed by atoms with Crippen LogP contribution in [-0.4, -0.2) is 62.8 Å². The number of hydrogen-bond acceptors (Lipinski definition) is 5. The lowest BCUT2D eigenvalue weighted by molar-refractivity contribution is -0.00202. The maximum Gasteiger partial charge on any atom is 0.276 e. The number of piperazine rings is 1. The van der Waals surface area contributed by atoms with Crippen LogP contribution in [0.15, 0.2) is 48.5 Å². The van der Waals surface area contributed by atoms with Crippen molar-refractivity contribution in [2.45, 2.75) is 19.3 Å². The highest BCUT2D eigenvalue weighted by molar-refractivity contribution is 6.33. The van der Waals surface area contributed by atoms with E-state index >= 15 is 0 Å². The van der Waals surface area contributed by atoms with Crippen LogP contribution in [0.25, 0.3) is 0 Å². The molecule has 5 rings (SSSR count). The van der Waals surface area contributed by atoms with E-state index in [4.69, 9.17) is 16.3 Å². The fourth-order valence-corrected chi connectivity index (χ4v) is 4.34. The maximum atomic E-state index is 13.6. The summed E-state index contributed by atoms with van der Waals surface area (Å²) in [6.45, 7) is 2.01. The second-order valence-electron chi connectivity index (χ2n) is 7.99. The van der Waals surface area contributed by atoms with Crippen molar-refractivity contribution < 1.29 is 18.7 Å². The number of aromatic nitrogens is 3. The van der Waals surface area contributed by atoms with Crippen LogP contribution >= 0.6 is 11.6 Å². The summed E-state index contributed by atoms with van der Waals surface area (Å²) in [5.41, 5.74) is 2.09. The van der Waals surface area contributed by atoms with Crippen LogP contribution in [0.3, 0.4) is 0 Å². The maximum absolute atomic E-state index is 13.6. The normalized spacial score (nSPS) is 18.2. The molecule has 170 valence electrons. The Labute approximate surface area is 194 Å². The summed E-state index contributed by atoms with van der Waals surface area (Å²) in [5.74, 6) is -1.12. The molecular weight excluding hydrogens is 449 g/mol. The van der Waals surface area contributed by atoms with E-state index in [1.54, 1.807) is 14.5 Å². The number of rotatable bonds is 3. The molecule has 1 aromatic heterocycles. The van der Waals surface area contributed by atoms with Gasteiger partial charge in [0.05, 0.1) is 29.4 Å². The van der Waals surface area contributed by atoms with Gasteiger partial charge in [0, 0.05) is 26.2 Å². The Hall–Kier alpha value is -3.30. The quantitative estimate of drug-likeness (QED) is 0.589. The van der Waals surface area contributed by atoms with Gasteiger partial charge in [-0.25, -0.2) is 9.07 Å². The number of amides is 2. The molecule has 1 fully saturated rings. The summed E-state index contributed by atoms with van der Waals surface area (Å²) in [4.78, 5) is 29.1. The molecular formula is C23H21ClFN5O3. The van der Waals surface area contributed by atoms with Crippen molar-refractivity contribution in [3.8, 4) is 0 Å². The molecule has 2 aliphatic heterocycles. The Balaban J connectivity index is 1.24. The number of nitrogens with zero attached hydrogens (tertiary/aromatic N) is 5. The van der Waals surface area contributed by atoms with Crippen molar-refractivity contribution in [2.24, 2.45) is 0 Å². The van der Waals surface area contributed by atoms with E-state index < -0.39 is 5.82 Å². The van der Waals surface area contributed by atoms with E-state index in [0.29, 0.717) is 38.4 Å². The molecule has 2 aromatic carbocycles. The fraction of sp³-hybridized carbons (Fsp3) is 0.304. The van der Waals surface area contributed by atoms with Crippen LogP contribution < -0.4 is 0 Å². The van der Waals surface area contributed by atoms with Crippen molar-refractivity contribution in [3.05, 3.63) is 81.9 Å². The Morgan fingerprint density at radius 3 is 2.42 bits per heavy atom. The number of hydrogen-bond donors (Lipinski definition) is 0. The van der Waals surface area contributed by atoms with Gasteiger partial charge < -0.3 is 14.5 Å². The summed E-state index contributed by atoms with van der Waals surface area (Å²) in [6, 6.07) is 13.6. The first kappa shape index (κ1) is 21.5. The standard InChI is InChI=1S/C23H21ClFN5O3/c24-18-7-6-16(25)12-17(18)22(31)28-8-10-29(11-9-28)23(32)21-19-14-33-20(13-30(19)27-26-21)15-4-2-1-3-5-15/h1-7,12,20H,8-11,13-14H2. The lowest BCUT2D eigenvalue weighted by Gasteiger charge is -2.34. The Kier molecular flexibility index (Phi) is 5.82. The van der Waals surface area contributed by atoms with Crippen LogP contribution in [-0.2, 0) is 17.9 Å². The van der Waals surface area contributed by atoms with E-state index in [2.05, 4.69) is 10.3 Å². The smallest absolute Gasteiger partial charge is 0.276 e.